The van der Waals surface area contributed by atoms with Crippen molar-refractivity contribution < 1.29 is 0 Å². The van der Waals surface area contributed by atoms with Crippen molar-refractivity contribution in [2.45, 2.75) is 6.92 Å². The van der Waals surface area contributed by atoms with E-state index in [0.717, 1.165) is 37.7 Å². The first-order valence-corrected chi connectivity index (χ1v) is 9.30. The van der Waals surface area contributed by atoms with Gasteiger partial charge in [0.1, 0.15) is 5.01 Å². The second-order valence-electron chi connectivity index (χ2n) is 5.33. The second kappa shape index (κ2) is 6.55. The summed E-state index contributed by atoms with van der Waals surface area (Å²) in [7, 11) is 0. The van der Waals surface area contributed by atoms with Crippen LogP contribution in [0.2, 0.25) is 0 Å². The van der Waals surface area contributed by atoms with E-state index in [-0.39, 0.29) is 0 Å². The minimum Gasteiger partial charge on any atom is -0.332 e. The molecule has 4 rings (SSSR count). The molecule has 0 atom stereocenters. The predicted molar refractivity (Wildman–Crippen MR) is 103 cm³/mol. The van der Waals surface area contributed by atoms with Gasteiger partial charge in [-0.2, -0.15) is 0 Å². The van der Waals surface area contributed by atoms with Crippen LogP contribution in [0.15, 0.2) is 66.0 Å². The molecule has 4 aromatic rings. The lowest BCUT2D eigenvalue weighted by molar-refractivity contribution is 1.26. The summed E-state index contributed by atoms with van der Waals surface area (Å²) >= 11 is 3.30. The van der Waals surface area contributed by atoms with Gasteiger partial charge >= 0.3 is 0 Å². The number of aromatic nitrogens is 2. The fraction of sp³-hybridized carbons (Fsp3) is 0.0526. The molecular formula is C19H15N3S2. The average molecular weight is 349 g/mol. The first kappa shape index (κ1) is 15.1. The van der Waals surface area contributed by atoms with Gasteiger partial charge in [0.05, 0.1) is 16.3 Å². The van der Waals surface area contributed by atoms with Crippen LogP contribution in [0.4, 0.5) is 10.8 Å². The van der Waals surface area contributed by atoms with Crippen LogP contribution < -0.4 is 5.32 Å². The van der Waals surface area contributed by atoms with E-state index in [1.807, 2.05) is 55.5 Å². The molecule has 0 amide bonds. The summed E-state index contributed by atoms with van der Waals surface area (Å²) in [6.45, 7) is 2.04. The number of thiazole rings is 2. The molecule has 0 aliphatic carbocycles. The van der Waals surface area contributed by atoms with Crippen molar-refractivity contribution in [2.24, 2.45) is 0 Å². The lowest BCUT2D eigenvalue weighted by Gasteiger charge is -2.00. The van der Waals surface area contributed by atoms with Gasteiger partial charge in [-0.15, -0.1) is 22.7 Å². The molecular weight excluding hydrogens is 334 g/mol. The Kier molecular flexibility index (Phi) is 4.11. The van der Waals surface area contributed by atoms with E-state index in [1.165, 1.54) is 0 Å². The Balaban J connectivity index is 1.62. The summed E-state index contributed by atoms with van der Waals surface area (Å²) in [5.74, 6) is 0. The number of para-hydroxylation sites is 1. The van der Waals surface area contributed by atoms with Crippen molar-refractivity contribution in [3.63, 3.8) is 0 Å². The molecule has 24 heavy (non-hydrogen) atoms. The molecule has 0 aliphatic heterocycles. The third kappa shape index (κ3) is 3.09. The maximum atomic E-state index is 4.72. The monoisotopic (exact) mass is 349 g/mol. The number of hydrogen-bond donors (Lipinski definition) is 1. The Morgan fingerprint density at radius 1 is 0.875 bits per heavy atom. The third-order valence-electron chi connectivity index (χ3n) is 3.58. The maximum absolute atomic E-state index is 4.72. The highest BCUT2D eigenvalue weighted by molar-refractivity contribution is 7.19. The van der Waals surface area contributed by atoms with Crippen LogP contribution in [0.5, 0.6) is 0 Å². The van der Waals surface area contributed by atoms with E-state index >= 15 is 0 Å². The van der Waals surface area contributed by atoms with Crippen LogP contribution >= 0.6 is 22.7 Å². The van der Waals surface area contributed by atoms with E-state index in [4.69, 9.17) is 9.97 Å². The number of nitrogens with one attached hydrogen (secondary N) is 1. The van der Waals surface area contributed by atoms with Crippen LogP contribution in [0.25, 0.3) is 21.1 Å². The van der Waals surface area contributed by atoms with Gasteiger partial charge in [-0.25, -0.2) is 9.97 Å². The van der Waals surface area contributed by atoms with Gasteiger partial charge in [-0.3, -0.25) is 0 Å². The average Bonchev–Trinajstić information content (AvgIpc) is 3.23. The van der Waals surface area contributed by atoms with Gasteiger partial charge in [0.2, 0.25) is 0 Å². The van der Waals surface area contributed by atoms with E-state index in [2.05, 4.69) is 22.8 Å². The molecule has 2 heterocycles. The molecule has 0 saturated heterocycles. The van der Waals surface area contributed by atoms with E-state index in [1.54, 1.807) is 22.7 Å². The van der Waals surface area contributed by atoms with Crippen LogP contribution in [-0.2, 0) is 0 Å². The summed E-state index contributed by atoms with van der Waals surface area (Å²) < 4.78 is 0. The number of benzene rings is 2. The molecule has 0 unspecified atom stereocenters. The molecule has 0 bridgehead atoms. The molecule has 0 aliphatic rings. The Morgan fingerprint density at radius 3 is 2.33 bits per heavy atom. The van der Waals surface area contributed by atoms with Gasteiger partial charge in [-0.05, 0) is 19.1 Å². The number of hydrogen-bond acceptors (Lipinski definition) is 5. The van der Waals surface area contributed by atoms with Gasteiger partial charge < -0.3 is 5.32 Å². The number of rotatable bonds is 4. The van der Waals surface area contributed by atoms with Crippen LogP contribution in [0.1, 0.15) is 5.69 Å². The quantitative estimate of drug-likeness (QED) is 0.492. The zero-order chi connectivity index (χ0) is 16.4. The Labute approximate surface area is 148 Å². The smallest absolute Gasteiger partial charge is 0.187 e. The van der Waals surface area contributed by atoms with E-state index in [0.29, 0.717) is 0 Å². The molecule has 1 N–H and O–H groups in total. The van der Waals surface area contributed by atoms with Crippen LogP contribution in [0, 0.1) is 6.92 Å². The van der Waals surface area contributed by atoms with Crippen molar-refractivity contribution in [3.8, 4) is 21.1 Å². The minimum absolute atomic E-state index is 0.894. The van der Waals surface area contributed by atoms with E-state index < -0.39 is 0 Å². The zero-order valence-electron chi connectivity index (χ0n) is 13.1. The molecule has 2 aromatic heterocycles. The maximum Gasteiger partial charge on any atom is 0.187 e. The first-order chi connectivity index (χ1) is 11.8. The summed E-state index contributed by atoms with van der Waals surface area (Å²) in [4.78, 5) is 10.6. The number of aryl methyl sites for hydroxylation is 1. The van der Waals surface area contributed by atoms with E-state index in [9.17, 15) is 0 Å². The van der Waals surface area contributed by atoms with Gasteiger partial charge in [-0.1, -0.05) is 48.5 Å². The van der Waals surface area contributed by atoms with Crippen LogP contribution in [-0.4, -0.2) is 9.97 Å². The fourth-order valence-corrected chi connectivity index (χ4v) is 4.25. The van der Waals surface area contributed by atoms with Gasteiger partial charge in [0.25, 0.3) is 0 Å². The summed E-state index contributed by atoms with van der Waals surface area (Å²) in [6, 6.07) is 20.4. The third-order valence-corrected chi connectivity index (χ3v) is 5.57. The Hall–Kier alpha value is -2.50. The zero-order valence-corrected chi connectivity index (χ0v) is 14.7. The molecule has 3 nitrogen and oxygen atoms in total. The SMILES string of the molecule is Cc1nc(-c2ccccc2)sc1-c1csc(Nc2ccccc2)n1. The second-order valence-corrected chi connectivity index (χ2v) is 7.19. The molecule has 0 radical (unpaired) electrons. The summed E-state index contributed by atoms with van der Waals surface area (Å²) in [6.07, 6.45) is 0. The predicted octanol–water partition coefficient (Wildman–Crippen LogP) is 5.99. The van der Waals surface area contributed by atoms with Crippen molar-refractivity contribution >= 4 is 33.5 Å². The Bertz CT molecular complexity index is 943. The normalized spacial score (nSPS) is 10.7. The van der Waals surface area contributed by atoms with Gasteiger partial charge in [0, 0.05) is 16.6 Å². The lowest BCUT2D eigenvalue weighted by atomic mass is 10.2. The minimum atomic E-state index is 0.894. The van der Waals surface area contributed by atoms with Crippen molar-refractivity contribution in [3.05, 3.63) is 71.7 Å². The molecule has 5 heteroatoms. The topological polar surface area (TPSA) is 37.8 Å². The van der Waals surface area contributed by atoms with Crippen molar-refractivity contribution in [1.82, 2.24) is 9.97 Å². The molecule has 118 valence electrons. The lowest BCUT2D eigenvalue weighted by Crippen LogP contribution is -1.88. The number of anilines is 2. The molecule has 0 spiro atoms. The molecule has 0 fully saturated rings. The molecule has 2 aromatic carbocycles. The highest BCUT2D eigenvalue weighted by Crippen LogP contribution is 2.36. The standard InChI is InChI=1S/C19H15N3S2/c1-13-17(24-18(20-13)14-8-4-2-5-9-14)16-12-23-19(22-16)21-15-10-6-3-7-11-15/h2-12H,1H3,(H,21,22). The molecule has 0 saturated carbocycles. The first-order valence-electron chi connectivity index (χ1n) is 7.60. The summed E-state index contributed by atoms with van der Waals surface area (Å²) in [5, 5.41) is 7.36. The highest BCUT2D eigenvalue weighted by atomic mass is 32.1. The van der Waals surface area contributed by atoms with Crippen molar-refractivity contribution in [2.75, 3.05) is 5.32 Å². The van der Waals surface area contributed by atoms with Crippen LogP contribution in [0.3, 0.4) is 0 Å². The Morgan fingerprint density at radius 2 is 1.58 bits per heavy atom. The largest absolute Gasteiger partial charge is 0.332 e. The fourth-order valence-electron chi connectivity index (χ4n) is 2.42. The van der Waals surface area contributed by atoms with Crippen molar-refractivity contribution in [1.29, 1.82) is 0 Å². The summed E-state index contributed by atoms with van der Waals surface area (Å²) in [5.41, 5.74) is 4.20. The highest BCUT2D eigenvalue weighted by Gasteiger charge is 2.14. The number of nitrogens with zero attached hydrogens (tertiary/aromatic N) is 2. The van der Waals surface area contributed by atoms with Gasteiger partial charge in [0.15, 0.2) is 5.13 Å².